The predicted molar refractivity (Wildman–Crippen MR) is 99.8 cm³/mol. The van der Waals surface area contributed by atoms with Crippen molar-refractivity contribution in [1.82, 2.24) is 25.1 Å². The summed E-state index contributed by atoms with van der Waals surface area (Å²) in [6.45, 7) is -0.365. The number of carbonyl (C=O) groups is 3. The predicted octanol–water partition coefficient (Wildman–Crippen LogP) is 2.22. The van der Waals surface area contributed by atoms with Crippen LogP contribution in [-0.4, -0.2) is 49.9 Å². The lowest BCUT2D eigenvalue weighted by molar-refractivity contribution is -0.137. The van der Waals surface area contributed by atoms with Crippen LogP contribution in [0.5, 0.6) is 0 Å². The maximum absolute atomic E-state index is 12.9. The number of nitrogens with one attached hydrogen (secondary N) is 1. The molecule has 0 unspecified atom stereocenters. The molecule has 158 valence electrons. The molecule has 2 heterocycles. The van der Waals surface area contributed by atoms with E-state index in [0.29, 0.717) is 5.69 Å². The molecule has 0 aliphatic carbocycles. The van der Waals surface area contributed by atoms with Crippen LogP contribution in [0.2, 0.25) is 0 Å². The summed E-state index contributed by atoms with van der Waals surface area (Å²) in [6, 6.07) is 8.74. The minimum absolute atomic E-state index is 0.0661. The highest BCUT2D eigenvalue weighted by molar-refractivity contribution is 6.21. The fourth-order valence-corrected chi connectivity index (χ4v) is 3.03. The Bertz CT molecular complexity index is 1220. The zero-order valence-corrected chi connectivity index (χ0v) is 15.8. The molecule has 31 heavy (non-hydrogen) atoms. The van der Waals surface area contributed by atoms with Crippen LogP contribution in [0.3, 0.4) is 0 Å². The second kappa shape index (κ2) is 7.31. The van der Waals surface area contributed by atoms with E-state index in [4.69, 9.17) is 0 Å². The lowest BCUT2D eigenvalue weighted by Gasteiger charge is -2.06. The molecule has 3 amide bonds. The Labute approximate surface area is 172 Å². The molecule has 1 N–H and O–H groups in total. The summed E-state index contributed by atoms with van der Waals surface area (Å²) in [7, 11) is 1.36. The molecule has 0 fully saturated rings. The topological polar surface area (TPSA) is 110 Å². The number of halogens is 3. The lowest BCUT2D eigenvalue weighted by atomic mass is 10.1. The molecule has 3 aromatic rings. The van der Waals surface area contributed by atoms with Crippen molar-refractivity contribution in [2.45, 2.75) is 12.7 Å². The van der Waals surface area contributed by atoms with Gasteiger partial charge in [0.15, 0.2) is 0 Å². The number of hydrogen-bond acceptors (Lipinski definition) is 6. The van der Waals surface area contributed by atoms with Crippen molar-refractivity contribution >= 4 is 23.4 Å². The normalized spacial score (nSPS) is 13.5. The highest BCUT2D eigenvalue weighted by atomic mass is 19.4. The van der Waals surface area contributed by atoms with Crippen LogP contribution in [0.4, 0.5) is 18.9 Å². The minimum Gasteiger partial charge on any atom is -0.324 e. The number of aromatic nitrogens is 4. The van der Waals surface area contributed by atoms with E-state index >= 15 is 0 Å². The highest BCUT2D eigenvalue weighted by Gasteiger charge is 2.33. The van der Waals surface area contributed by atoms with Gasteiger partial charge in [0.1, 0.15) is 6.54 Å². The molecule has 1 aliphatic rings. The van der Waals surface area contributed by atoms with Crippen LogP contribution >= 0.6 is 0 Å². The molecule has 9 nitrogen and oxygen atoms in total. The van der Waals surface area contributed by atoms with E-state index in [1.165, 1.54) is 37.4 Å². The Morgan fingerprint density at radius 3 is 2.55 bits per heavy atom. The van der Waals surface area contributed by atoms with Crippen molar-refractivity contribution in [3.63, 3.8) is 0 Å². The van der Waals surface area contributed by atoms with Crippen LogP contribution in [0.15, 0.2) is 42.5 Å². The monoisotopic (exact) mass is 430 g/mol. The number of fused-ring (bicyclic) bond motifs is 1. The number of imide groups is 1. The second-order valence-electron chi connectivity index (χ2n) is 6.70. The number of rotatable bonds is 4. The molecule has 1 aliphatic heterocycles. The average Bonchev–Trinajstić information content (AvgIpc) is 3.27. The van der Waals surface area contributed by atoms with E-state index in [2.05, 4.69) is 20.7 Å². The largest absolute Gasteiger partial charge is 0.416 e. The Hall–Kier alpha value is -4.09. The first-order valence-electron chi connectivity index (χ1n) is 8.85. The summed E-state index contributed by atoms with van der Waals surface area (Å²) < 4.78 is 38.6. The third-order valence-corrected chi connectivity index (χ3v) is 4.56. The molecule has 4 rings (SSSR count). The summed E-state index contributed by atoms with van der Waals surface area (Å²) in [6.07, 6.45) is -4.51. The molecule has 2 aromatic carbocycles. The van der Waals surface area contributed by atoms with E-state index in [-0.39, 0.29) is 29.1 Å². The summed E-state index contributed by atoms with van der Waals surface area (Å²) in [5.74, 6) is -1.52. The van der Waals surface area contributed by atoms with E-state index in [1.54, 1.807) is 0 Å². The number of benzene rings is 2. The first kappa shape index (κ1) is 20.2. The van der Waals surface area contributed by atoms with Crippen molar-refractivity contribution in [2.75, 3.05) is 12.4 Å². The van der Waals surface area contributed by atoms with Gasteiger partial charge in [-0.1, -0.05) is 12.1 Å². The van der Waals surface area contributed by atoms with Gasteiger partial charge in [0.25, 0.3) is 11.8 Å². The van der Waals surface area contributed by atoms with Crippen LogP contribution < -0.4 is 5.32 Å². The third-order valence-electron chi connectivity index (χ3n) is 4.56. The molecule has 0 atom stereocenters. The summed E-state index contributed by atoms with van der Waals surface area (Å²) in [5, 5.41) is 13.9. The van der Waals surface area contributed by atoms with Crippen molar-refractivity contribution in [1.29, 1.82) is 0 Å². The molecule has 0 radical (unpaired) electrons. The van der Waals surface area contributed by atoms with Gasteiger partial charge in [0.05, 0.1) is 16.7 Å². The number of tetrazole rings is 1. The molecule has 0 spiro atoms. The van der Waals surface area contributed by atoms with Gasteiger partial charge in [0.2, 0.25) is 11.7 Å². The molecular formula is C19H13F3N6O3. The van der Waals surface area contributed by atoms with Crippen molar-refractivity contribution < 1.29 is 27.6 Å². The Balaban J connectivity index is 1.46. The van der Waals surface area contributed by atoms with E-state index in [0.717, 1.165) is 21.8 Å². The molecule has 0 saturated heterocycles. The quantitative estimate of drug-likeness (QED) is 0.636. The first-order chi connectivity index (χ1) is 14.6. The number of nitrogens with zero attached hydrogens (tertiary/aromatic N) is 5. The van der Waals surface area contributed by atoms with Gasteiger partial charge in [-0.3, -0.25) is 19.3 Å². The van der Waals surface area contributed by atoms with Gasteiger partial charge < -0.3 is 5.32 Å². The standard InChI is InChI=1S/C19H13F3N6O3/c1-27-17(30)13-6-5-12(8-14(13)18(27)31)23-15(29)9-28-25-16(24-26-28)10-3-2-4-11(7-10)19(20,21)22/h2-8H,9H2,1H3,(H,23,29). The van der Waals surface area contributed by atoms with Gasteiger partial charge >= 0.3 is 6.18 Å². The first-order valence-corrected chi connectivity index (χ1v) is 8.85. The van der Waals surface area contributed by atoms with Gasteiger partial charge in [0, 0.05) is 18.3 Å². The number of amides is 3. The second-order valence-corrected chi connectivity index (χ2v) is 6.70. The fraction of sp³-hybridized carbons (Fsp3) is 0.158. The van der Waals surface area contributed by atoms with Gasteiger partial charge in [-0.25, -0.2) is 0 Å². The van der Waals surface area contributed by atoms with Gasteiger partial charge in [-0.2, -0.15) is 18.0 Å². The molecule has 12 heteroatoms. The SMILES string of the molecule is CN1C(=O)c2ccc(NC(=O)Cn3nnc(-c4cccc(C(F)(F)F)c4)n3)cc2C1=O. The zero-order valence-electron chi connectivity index (χ0n) is 15.8. The molecule has 1 aromatic heterocycles. The number of alkyl halides is 3. The minimum atomic E-state index is -4.51. The Kier molecular flexibility index (Phi) is 4.76. The Morgan fingerprint density at radius 2 is 1.81 bits per heavy atom. The lowest BCUT2D eigenvalue weighted by Crippen LogP contribution is -2.24. The van der Waals surface area contributed by atoms with E-state index in [9.17, 15) is 27.6 Å². The van der Waals surface area contributed by atoms with Crippen molar-refractivity contribution in [3.8, 4) is 11.4 Å². The number of hydrogen-bond donors (Lipinski definition) is 1. The molecular weight excluding hydrogens is 417 g/mol. The maximum Gasteiger partial charge on any atom is 0.416 e. The van der Waals surface area contributed by atoms with Crippen LogP contribution in [0, 0.1) is 0 Å². The summed E-state index contributed by atoms with van der Waals surface area (Å²) >= 11 is 0. The Morgan fingerprint density at radius 1 is 1.06 bits per heavy atom. The van der Waals surface area contributed by atoms with Crippen LogP contribution in [-0.2, 0) is 17.5 Å². The summed E-state index contributed by atoms with van der Waals surface area (Å²) in [5.41, 5.74) is -0.0367. The van der Waals surface area contributed by atoms with Gasteiger partial charge in [-0.15, -0.1) is 10.2 Å². The van der Waals surface area contributed by atoms with E-state index in [1.807, 2.05) is 0 Å². The molecule has 0 bridgehead atoms. The highest BCUT2D eigenvalue weighted by Crippen LogP contribution is 2.31. The smallest absolute Gasteiger partial charge is 0.324 e. The fourth-order valence-electron chi connectivity index (χ4n) is 3.03. The number of carbonyl (C=O) groups excluding carboxylic acids is 3. The van der Waals surface area contributed by atoms with E-state index < -0.39 is 29.5 Å². The average molecular weight is 430 g/mol. The maximum atomic E-state index is 12.9. The van der Waals surface area contributed by atoms with Crippen molar-refractivity contribution in [3.05, 3.63) is 59.2 Å². The number of anilines is 1. The van der Waals surface area contributed by atoms with Crippen LogP contribution in [0.1, 0.15) is 26.3 Å². The van der Waals surface area contributed by atoms with Crippen LogP contribution in [0.25, 0.3) is 11.4 Å². The van der Waals surface area contributed by atoms with Gasteiger partial charge in [-0.05, 0) is 35.5 Å². The summed E-state index contributed by atoms with van der Waals surface area (Å²) in [4.78, 5) is 38.1. The van der Waals surface area contributed by atoms with Crippen molar-refractivity contribution in [2.24, 2.45) is 0 Å². The third kappa shape index (κ3) is 3.86. The zero-order chi connectivity index (χ0) is 22.3. The molecule has 0 saturated carbocycles.